The first-order chi connectivity index (χ1) is 35.5. The highest BCUT2D eigenvalue weighted by atomic mass is 16.6. The van der Waals surface area contributed by atoms with E-state index < -0.39 is 6.10 Å². The van der Waals surface area contributed by atoms with Crippen molar-refractivity contribution in [3.8, 4) is 0 Å². The normalized spacial score (nSPS) is 13.1. The largest absolute Gasteiger partial charge is 0.462 e. The molecule has 0 rings (SSSR count). The van der Waals surface area contributed by atoms with Gasteiger partial charge in [-0.05, 0) is 116 Å². The molecule has 0 bridgehead atoms. The van der Waals surface area contributed by atoms with Crippen LogP contribution in [0, 0.1) is 0 Å². The Hall–Kier alpha value is -4.45. The maximum absolute atomic E-state index is 12.8. The van der Waals surface area contributed by atoms with E-state index in [2.05, 4.69) is 154 Å². The highest BCUT2D eigenvalue weighted by molar-refractivity contribution is 5.71. The van der Waals surface area contributed by atoms with Crippen LogP contribution in [0.3, 0.4) is 0 Å². The van der Waals surface area contributed by atoms with Crippen LogP contribution in [0.1, 0.15) is 245 Å². The molecule has 0 heterocycles. The first kappa shape index (κ1) is 67.5. The fourth-order valence-corrected chi connectivity index (χ4v) is 7.59. The predicted molar refractivity (Wildman–Crippen MR) is 311 cm³/mol. The van der Waals surface area contributed by atoms with Crippen molar-refractivity contribution < 1.29 is 28.6 Å². The minimum absolute atomic E-state index is 0.0914. The summed E-state index contributed by atoms with van der Waals surface area (Å²) in [5, 5.41) is 0. The van der Waals surface area contributed by atoms with Crippen LogP contribution in [-0.4, -0.2) is 37.2 Å². The van der Waals surface area contributed by atoms with Crippen molar-refractivity contribution in [2.24, 2.45) is 0 Å². The molecule has 0 spiro atoms. The Morgan fingerprint density at radius 2 is 0.542 bits per heavy atom. The highest BCUT2D eigenvalue weighted by Crippen LogP contribution is 2.14. The van der Waals surface area contributed by atoms with E-state index in [1.165, 1.54) is 57.8 Å². The zero-order valence-electron chi connectivity index (χ0n) is 46.4. The summed E-state index contributed by atoms with van der Waals surface area (Å²) in [6.45, 7) is 6.32. The standard InChI is InChI=1S/C66H106O6/c1-4-7-10-13-16-18-20-22-24-26-28-30-32-33-35-36-38-40-42-44-46-48-50-53-56-59-65(68)71-62-63(61-70-64(67)58-55-52-15-12-9-6-3)72-66(69)60-57-54-51-49-47-45-43-41-39-37-34-31-29-27-25-23-21-19-17-14-11-8-5-2/h7-8,10-11,16-19,22-25,28-31,33,35,37-40,63H,4-6,9,12-15,20-21,26-27,32,34,36,41-62H2,1-3H3/b10-7-,11-8-,18-16-,19-17-,24-22-,25-23-,30-28-,31-29-,35-33-,39-37-,40-38-. The number of rotatable bonds is 51. The van der Waals surface area contributed by atoms with Crippen molar-refractivity contribution in [1.82, 2.24) is 0 Å². The molecular weight excluding hydrogens is 889 g/mol. The Balaban J connectivity index is 4.24. The molecule has 406 valence electrons. The Labute approximate surface area is 443 Å². The van der Waals surface area contributed by atoms with E-state index in [1.807, 2.05) is 0 Å². The molecule has 0 saturated carbocycles. The lowest BCUT2D eigenvalue weighted by atomic mass is 10.1. The molecular formula is C66H106O6. The lowest BCUT2D eigenvalue weighted by molar-refractivity contribution is -0.167. The van der Waals surface area contributed by atoms with Gasteiger partial charge in [-0.15, -0.1) is 0 Å². The molecule has 1 unspecified atom stereocenters. The number of esters is 3. The quantitative estimate of drug-likeness (QED) is 0.0261. The van der Waals surface area contributed by atoms with Crippen molar-refractivity contribution in [2.45, 2.75) is 252 Å². The third kappa shape index (κ3) is 56.5. The monoisotopic (exact) mass is 995 g/mol. The summed E-state index contributed by atoms with van der Waals surface area (Å²) in [5.74, 6) is -0.932. The average Bonchev–Trinajstić information content (AvgIpc) is 3.38. The third-order valence-electron chi connectivity index (χ3n) is 11.9. The van der Waals surface area contributed by atoms with Crippen molar-refractivity contribution >= 4 is 17.9 Å². The van der Waals surface area contributed by atoms with Gasteiger partial charge in [0.2, 0.25) is 0 Å². The van der Waals surface area contributed by atoms with Crippen LogP contribution in [-0.2, 0) is 28.6 Å². The number of allylic oxidation sites excluding steroid dienone is 22. The second-order valence-electron chi connectivity index (χ2n) is 18.8. The van der Waals surface area contributed by atoms with E-state index in [-0.39, 0.29) is 31.1 Å². The van der Waals surface area contributed by atoms with Crippen LogP contribution >= 0.6 is 0 Å². The smallest absolute Gasteiger partial charge is 0.306 e. The molecule has 0 radical (unpaired) electrons. The van der Waals surface area contributed by atoms with Crippen molar-refractivity contribution in [2.75, 3.05) is 13.2 Å². The first-order valence-electron chi connectivity index (χ1n) is 29.2. The van der Waals surface area contributed by atoms with Crippen LogP contribution < -0.4 is 0 Å². The van der Waals surface area contributed by atoms with Gasteiger partial charge in [0.15, 0.2) is 6.10 Å². The Morgan fingerprint density at radius 3 is 0.847 bits per heavy atom. The molecule has 0 aliphatic heterocycles. The molecule has 0 aliphatic rings. The van der Waals surface area contributed by atoms with Crippen molar-refractivity contribution in [3.63, 3.8) is 0 Å². The number of carbonyl (C=O) groups excluding carboxylic acids is 3. The van der Waals surface area contributed by atoms with Crippen molar-refractivity contribution in [3.05, 3.63) is 134 Å². The fourth-order valence-electron chi connectivity index (χ4n) is 7.59. The molecule has 0 saturated heterocycles. The summed E-state index contributed by atoms with van der Waals surface area (Å²) in [6.07, 6.45) is 83.3. The van der Waals surface area contributed by atoms with Crippen LogP contribution in [0.2, 0.25) is 0 Å². The van der Waals surface area contributed by atoms with Gasteiger partial charge in [-0.25, -0.2) is 0 Å². The Bertz CT molecular complexity index is 1560. The van der Waals surface area contributed by atoms with E-state index in [4.69, 9.17) is 14.2 Å². The summed E-state index contributed by atoms with van der Waals surface area (Å²) >= 11 is 0. The average molecular weight is 996 g/mol. The van der Waals surface area contributed by atoms with Gasteiger partial charge in [0.05, 0.1) is 0 Å². The molecule has 0 amide bonds. The number of unbranched alkanes of at least 4 members (excludes halogenated alkanes) is 18. The number of ether oxygens (including phenoxy) is 3. The minimum atomic E-state index is -0.793. The second-order valence-corrected chi connectivity index (χ2v) is 18.8. The number of hydrogen-bond donors (Lipinski definition) is 0. The van der Waals surface area contributed by atoms with E-state index in [0.29, 0.717) is 19.3 Å². The highest BCUT2D eigenvalue weighted by Gasteiger charge is 2.19. The topological polar surface area (TPSA) is 78.9 Å². The van der Waals surface area contributed by atoms with E-state index >= 15 is 0 Å². The molecule has 1 atom stereocenters. The van der Waals surface area contributed by atoms with Gasteiger partial charge in [-0.3, -0.25) is 14.4 Å². The number of carbonyl (C=O) groups is 3. The Kier molecular flexibility index (Phi) is 55.5. The maximum atomic E-state index is 12.8. The molecule has 0 N–H and O–H groups in total. The lowest BCUT2D eigenvalue weighted by Gasteiger charge is -2.18. The summed E-state index contributed by atoms with van der Waals surface area (Å²) < 4.78 is 16.7. The molecule has 0 aromatic carbocycles. The van der Waals surface area contributed by atoms with Crippen LogP contribution in [0.15, 0.2) is 134 Å². The number of hydrogen-bond acceptors (Lipinski definition) is 6. The summed E-state index contributed by atoms with van der Waals surface area (Å²) in [6, 6.07) is 0. The van der Waals surface area contributed by atoms with Crippen LogP contribution in [0.25, 0.3) is 0 Å². The van der Waals surface area contributed by atoms with Gasteiger partial charge >= 0.3 is 17.9 Å². The van der Waals surface area contributed by atoms with E-state index in [0.717, 1.165) is 148 Å². The Morgan fingerprint density at radius 1 is 0.292 bits per heavy atom. The fraction of sp³-hybridized carbons (Fsp3) is 0.621. The summed E-state index contributed by atoms with van der Waals surface area (Å²) in [7, 11) is 0. The summed E-state index contributed by atoms with van der Waals surface area (Å²) in [4.78, 5) is 37.9. The molecule has 0 aliphatic carbocycles. The first-order valence-corrected chi connectivity index (χ1v) is 29.2. The molecule has 6 nitrogen and oxygen atoms in total. The van der Waals surface area contributed by atoms with Gasteiger partial charge in [0.25, 0.3) is 0 Å². The van der Waals surface area contributed by atoms with Crippen LogP contribution in [0.4, 0.5) is 0 Å². The zero-order valence-corrected chi connectivity index (χ0v) is 46.4. The third-order valence-corrected chi connectivity index (χ3v) is 11.9. The summed E-state index contributed by atoms with van der Waals surface area (Å²) in [5.41, 5.74) is 0. The lowest BCUT2D eigenvalue weighted by Crippen LogP contribution is -2.30. The maximum Gasteiger partial charge on any atom is 0.306 e. The zero-order chi connectivity index (χ0) is 52.2. The SMILES string of the molecule is CC/C=C\C/C=C\C/C=C\C/C=C\C/C=C\C/C=C\CCCCCCCCC(=O)OCC(COC(=O)CCCCCCCC)OC(=O)CCCCCCCCC/C=C\C/C=C\C/C=C\C/C=C\C/C=C\CC. The minimum Gasteiger partial charge on any atom is -0.462 e. The molecule has 0 aromatic heterocycles. The predicted octanol–water partition coefficient (Wildman–Crippen LogP) is 19.8. The van der Waals surface area contributed by atoms with Gasteiger partial charge < -0.3 is 14.2 Å². The van der Waals surface area contributed by atoms with Gasteiger partial charge in [-0.2, -0.15) is 0 Å². The molecule has 6 heteroatoms. The van der Waals surface area contributed by atoms with E-state index in [9.17, 15) is 14.4 Å². The van der Waals surface area contributed by atoms with E-state index in [1.54, 1.807) is 0 Å². The van der Waals surface area contributed by atoms with Gasteiger partial charge in [-0.1, -0.05) is 244 Å². The van der Waals surface area contributed by atoms with Crippen LogP contribution in [0.5, 0.6) is 0 Å². The second kappa shape index (κ2) is 59.1. The molecule has 0 fully saturated rings. The van der Waals surface area contributed by atoms with Gasteiger partial charge in [0.1, 0.15) is 13.2 Å². The van der Waals surface area contributed by atoms with Gasteiger partial charge in [0, 0.05) is 19.3 Å². The molecule has 72 heavy (non-hydrogen) atoms. The molecule has 0 aromatic rings. The van der Waals surface area contributed by atoms with Crippen molar-refractivity contribution in [1.29, 1.82) is 0 Å².